The van der Waals surface area contributed by atoms with Gasteiger partial charge in [0.2, 0.25) is 0 Å². The van der Waals surface area contributed by atoms with Crippen molar-refractivity contribution in [2.45, 2.75) is 32.7 Å². The van der Waals surface area contributed by atoms with Crippen LogP contribution in [-0.2, 0) is 9.22 Å². The number of hydrogen-bond donors (Lipinski definition) is 0. The molecule has 0 fully saturated rings. The molecule has 0 bridgehead atoms. The van der Waals surface area contributed by atoms with Gasteiger partial charge in [0, 0.05) is 13.1 Å². The lowest BCUT2D eigenvalue weighted by molar-refractivity contribution is -0.185. The van der Waals surface area contributed by atoms with E-state index in [2.05, 4.69) is 0 Å². The van der Waals surface area contributed by atoms with E-state index in [9.17, 15) is 18.0 Å². The summed E-state index contributed by atoms with van der Waals surface area (Å²) in [5.74, 6) is -1.80. The van der Waals surface area contributed by atoms with Gasteiger partial charge in [0.15, 0.2) is 8.32 Å². The van der Waals surface area contributed by atoms with E-state index in [0.717, 1.165) is 4.90 Å². The smallest absolute Gasteiger partial charge is 0.416 e. The van der Waals surface area contributed by atoms with Crippen molar-refractivity contribution in [3.05, 3.63) is 0 Å². The summed E-state index contributed by atoms with van der Waals surface area (Å²) in [4.78, 5) is 11.7. The van der Waals surface area contributed by atoms with Crippen LogP contribution in [0.1, 0.15) is 6.92 Å². The number of halogens is 3. The van der Waals surface area contributed by atoms with Crippen molar-refractivity contribution in [3.63, 3.8) is 0 Å². The molecule has 16 heavy (non-hydrogen) atoms. The fourth-order valence-corrected chi connectivity index (χ4v) is 1.75. The van der Waals surface area contributed by atoms with E-state index in [1.807, 2.05) is 19.6 Å². The van der Waals surface area contributed by atoms with Gasteiger partial charge in [-0.1, -0.05) is 0 Å². The molecule has 3 nitrogen and oxygen atoms in total. The first-order chi connectivity index (χ1) is 7.08. The van der Waals surface area contributed by atoms with Crippen LogP contribution < -0.4 is 0 Å². The molecule has 0 aliphatic rings. The Bertz CT molecular complexity index is 238. The summed E-state index contributed by atoms with van der Waals surface area (Å²) in [5.41, 5.74) is 0. The van der Waals surface area contributed by atoms with Crippen molar-refractivity contribution in [1.29, 1.82) is 0 Å². The molecule has 7 heteroatoms. The van der Waals surface area contributed by atoms with Gasteiger partial charge in [-0.3, -0.25) is 4.79 Å². The number of carbonyl (C=O) groups is 1. The van der Waals surface area contributed by atoms with Crippen molar-refractivity contribution in [3.8, 4) is 0 Å². The fourth-order valence-electron chi connectivity index (χ4n) is 1.04. The van der Waals surface area contributed by atoms with Gasteiger partial charge in [-0.25, -0.2) is 0 Å². The Morgan fingerprint density at radius 3 is 2.12 bits per heavy atom. The fraction of sp³-hybridized carbons (Fsp3) is 0.889. The first-order valence-electron chi connectivity index (χ1n) is 5.08. The molecule has 0 saturated carbocycles. The van der Waals surface area contributed by atoms with E-state index in [1.165, 1.54) is 6.92 Å². The first kappa shape index (κ1) is 15.4. The molecule has 0 radical (unpaired) electrons. The molecule has 0 aliphatic carbocycles. The van der Waals surface area contributed by atoms with Crippen molar-refractivity contribution in [1.82, 2.24) is 4.90 Å². The van der Waals surface area contributed by atoms with Crippen molar-refractivity contribution < 1.29 is 22.4 Å². The maximum Gasteiger partial charge on any atom is 0.471 e. The highest BCUT2D eigenvalue weighted by Crippen LogP contribution is 2.18. The Balaban J connectivity index is 4.18. The van der Waals surface area contributed by atoms with Gasteiger partial charge in [0.1, 0.15) is 0 Å². The van der Waals surface area contributed by atoms with E-state index < -0.39 is 20.4 Å². The highest BCUT2D eigenvalue weighted by molar-refractivity contribution is 6.69. The summed E-state index contributed by atoms with van der Waals surface area (Å²) in [6, 6.07) is 0. The van der Waals surface area contributed by atoms with E-state index in [1.54, 1.807) is 0 Å². The highest BCUT2D eigenvalue weighted by Gasteiger charge is 2.41. The molecule has 0 spiro atoms. The third kappa shape index (κ3) is 6.11. The first-order valence-corrected chi connectivity index (χ1v) is 8.49. The number of carbonyl (C=O) groups excluding carboxylic acids is 1. The highest BCUT2D eigenvalue weighted by atomic mass is 28.4. The van der Waals surface area contributed by atoms with Crippen molar-refractivity contribution >= 4 is 14.2 Å². The van der Waals surface area contributed by atoms with E-state index in [0.29, 0.717) is 0 Å². The largest absolute Gasteiger partial charge is 0.471 e. The predicted molar refractivity (Wildman–Crippen MR) is 57.6 cm³/mol. The topological polar surface area (TPSA) is 29.5 Å². The standard InChI is InChI=1S/C9H18F3NO2Si/c1-5-13(8(14)9(10,11)12)6-7-15-16(2,3)4/h5-7H2,1-4H3. The lowest BCUT2D eigenvalue weighted by atomic mass is 10.4. The van der Waals surface area contributed by atoms with Gasteiger partial charge >= 0.3 is 12.1 Å². The minimum absolute atomic E-state index is 0.0148. The number of amides is 1. The Labute approximate surface area is 94.7 Å². The molecule has 0 aromatic carbocycles. The SMILES string of the molecule is CCN(CCO[Si](C)(C)C)C(=O)C(F)(F)F. The van der Waals surface area contributed by atoms with Gasteiger partial charge in [0.25, 0.3) is 0 Å². The average molecular weight is 257 g/mol. The Hall–Kier alpha value is -0.563. The summed E-state index contributed by atoms with van der Waals surface area (Å²) < 4.78 is 41.8. The molecular weight excluding hydrogens is 239 g/mol. The minimum atomic E-state index is -4.80. The van der Waals surface area contributed by atoms with Crippen LogP contribution in [-0.4, -0.2) is 45.0 Å². The summed E-state index contributed by atoms with van der Waals surface area (Å²) in [5, 5.41) is 0. The van der Waals surface area contributed by atoms with Crippen LogP contribution in [0, 0.1) is 0 Å². The molecule has 1 amide bonds. The van der Waals surface area contributed by atoms with Gasteiger partial charge in [-0.2, -0.15) is 13.2 Å². The van der Waals surface area contributed by atoms with Crippen molar-refractivity contribution in [2.24, 2.45) is 0 Å². The average Bonchev–Trinajstić information content (AvgIpc) is 2.08. The third-order valence-corrected chi connectivity index (χ3v) is 2.88. The van der Waals surface area contributed by atoms with Gasteiger partial charge in [-0.15, -0.1) is 0 Å². The molecule has 0 aromatic heterocycles. The van der Waals surface area contributed by atoms with Crippen LogP contribution in [0.3, 0.4) is 0 Å². The maximum absolute atomic E-state index is 12.1. The zero-order chi connectivity index (χ0) is 13.0. The van der Waals surface area contributed by atoms with Gasteiger partial charge in [0.05, 0.1) is 6.61 Å². The zero-order valence-electron chi connectivity index (χ0n) is 10.0. The quantitative estimate of drug-likeness (QED) is 0.707. The second-order valence-corrected chi connectivity index (χ2v) is 8.86. The molecule has 0 atom stereocenters. The monoisotopic (exact) mass is 257 g/mol. The van der Waals surface area contributed by atoms with Crippen molar-refractivity contribution in [2.75, 3.05) is 19.7 Å². The van der Waals surface area contributed by atoms with Crippen LogP contribution >= 0.6 is 0 Å². The lowest BCUT2D eigenvalue weighted by Crippen LogP contribution is -2.43. The minimum Gasteiger partial charge on any atom is -0.416 e. The van der Waals surface area contributed by atoms with Gasteiger partial charge in [-0.05, 0) is 26.6 Å². The molecule has 0 rings (SSSR count). The van der Waals surface area contributed by atoms with Crippen LogP contribution in [0.2, 0.25) is 19.6 Å². The van der Waals surface area contributed by atoms with Crippen LogP contribution in [0.25, 0.3) is 0 Å². The third-order valence-electron chi connectivity index (χ3n) is 1.81. The molecule has 0 N–H and O–H groups in total. The number of hydrogen-bond acceptors (Lipinski definition) is 2. The summed E-state index contributed by atoms with van der Waals surface area (Å²) in [6.45, 7) is 7.51. The van der Waals surface area contributed by atoms with Crippen LogP contribution in [0.4, 0.5) is 13.2 Å². The molecule has 0 saturated heterocycles. The van der Waals surface area contributed by atoms with E-state index >= 15 is 0 Å². The number of alkyl halides is 3. The molecule has 0 heterocycles. The van der Waals surface area contributed by atoms with Crippen LogP contribution in [0.15, 0.2) is 0 Å². The van der Waals surface area contributed by atoms with E-state index in [-0.39, 0.29) is 19.7 Å². The maximum atomic E-state index is 12.1. The molecule has 0 unspecified atom stereocenters. The number of nitrogens with zero attached hydrogens (tertiary/aromatic N) is 1. The molecule has 96 valence electrons. The van der Waals surface area contributed by atoms with E-state index in [4.69, 9.17) is 4.43 Å². The normalized spacial score (nSPS) is 12.7. The Morgan fingerprint density at radius 1 is 1.31 bits per heavy atom. The Kier molecular flexibility index (Phi) is 5.47. The Morgan fingerprint density at radius 2 is 1.81 bits per heavy atom. The predicted octanol–water partition coefficient (Wildman–Crippen LogP) is 2.25. The molecule has 0 aromatic rings. The summed E-state index contributed by atoms with van der Waals surface area (Å²) >= 11 is 0. The summed E-state index contributed by atoms with van der Waals surface area (Å²) in [7, 11) is -1.74. The van der Waals surface area contributed by atoms with Crippen LogP contribution in [0.5, 0.6) is 0 Å². The molecular formula is C9H18F3NO2Si. The zero-order valence-corrected chi connectivity index (χ0v) is 11.0. The molecule has 0 aliphatic heterocycles. The second kappa shape index (κ2) is 5.67. The lowest BCUT2D eigenvalue weighted by Gasteiger charge is -2.24. The number of likely N-dealkylation sites (N-methyl/N-ethyl adjacent to an activating group) is 1. The second-order valence-electron chi connectivity index (χ2n) is 4.34. The number of rotatable bonds is 5. The summed E-state index contributed by atoms with van der Waals surface area (Å²) in [6.07, 6.45) is -4.80. The van der Waals surface area contributed by atoms with Gasteiger partial charge < -0.3 is 9.33 Å².